The highest BCUT2D eigenvalue weighted by atomic mass is 16.5. The van der Waals surface area contributed by atoms with E-state index in [0.717, 1.165) is 0 Å². The molecule has 0 bridgehead atoms. The Morgan fingerprint density at radius 1 is 1.16 bits per heavy atom. The van der Waals surface area contributed by atoms with E-state index in [-0.39, 0.29) is 23.9 Å². The molecule has 0 aliphatic rings. The van der Waals surface area contributed by atoms with Crippen molar-refractivity contribution in [3.05, 3.63) is 59.7 Å². The van der Waals surface area contributed by atoms with Gasteiger partial charge in [0.05, 0.1) is 5.56 Å². The Bertz CT molecular complexity index is 818. The summed E-state index contributed by atoms with van der Waals surface area (Å²) in [6.07, 6.45) is 0. The van der Waals surface area contributed by atoms with Crippen molar-refractivity contribution in [1.29, 1.82) is 5.53 Å². The van der Waals surface area contributed by atoms with Gasteiger partial charge in [0.15, 0.2) is 6.61 Å². The number of ether oxygens (including phenoxy) is 1. The molecule has 0 heterocycles. The van der Waals surface area contributed by atoms with E-state index in [4.69, 9.17) is 21.2 Å². The molecule has 0 aromatic heterocycles. The predicted octanol–water partition coefficient (Wildman–Crippen LogP) is 2.32. The molecule has 0 fully saturated rings. The molecule has 0 radical (unpaired) electrons. The molecule has 2 aromatic carbocycles. The van der Waals surface area contributed by atoms with Gasteiger partial charge in [0, 0.05) is 11.3 Å². The first-order valence-corrected chi connectivity index (χ1v) is 7.05. The first-order chi connectivity index (χ1) is 12.0. The number of hydrazone groups is 1. The third kappa shape index (κ3) is 4.86. The molecule has 0 unspecified atom stereocenters. The molecule has 0 aliphatic heterocycles. The third-order valence-corrected chi connectivity index (χ3v) is 3.13. The molecule has 25 heavy (non-hydrogen) atoms. The van der Waals surface area contributed by atoms with E-state index in [1.807, 2.05) is 0 Å². The zero-order valence-electron chi connectivity index (χ0n) is 13.0. The Morgan fingerprint density at radius 3 is 2.48 bits per heavy atom. The maximum Gasteiger partial charge on any atom is 0.335 e. The summed E-state index contributed by atoms with van der Waals surface area (Å²) in [5.74, 6) is 4.04. The maximum atomic E-state index is 12.2. The van der Waals surface area contributed by atoms with Crippen LogP contribution in [-0.4, -0.2) is 29.4 Å². The van der Waals surface area contributed by atoms with Crippen molar-refractivity contribution >= 4 is 23.4 Å². The lowest BCUT2D eigenvalue weighted by Gasteiger charge is -2.08. The highest BCUT2D eigenvalue weighted by molar-refractivity contribution is 6.04. The quantitative estimate of drug-likeness (QED) is 0.209. The number of carbonyl (C=O) groups excluding carboxylic acids is 1. The van der Waals surface area contributed by atoms with Crippen LogP contribution >= 0.6 is 0 Å². The van der Waals surface area contributed by atoms with E-state index < -0.39 is 5.97 Å². The van der Waals surface area contributed by atoms with Crippen molar-refractivity contribution in [3.63, 3.8) is 0 Å². The molecular formula is C16H15N5O4. The number of amides is 1. The molecule has 5 N–H and O–H groups in total. The van der Waals surface area contributed by atoms with Crippen molar-refractivity contribution in [3.8, 4) is 5.75 Å². The van der Waals surface area contributed by atoms with Gasteiger partial charge < -0.3 is 21.0 Å². The van der Waals surface area contributed by atoms with Gasteiger partial charge in [0.25, 0.3) is 5.91 Å². The molecule has 9 nitrogen and oxygen atoms in total. The number of nitrogens with two attached hydrogens (primary N) is 1. The Labute approximate surface area is 142 Å². The summed E-state index contributed by atoms with van der Waals surface area (Å²) in [7, 11) is 0. The summed E-state index contributed by atoms with van der Waals surface area (Å²) in [6, 6.07) is 12.2. The Morgan fingerprint density at radius 2 is 1.88 bits per heavy atom. The fourth-order valence-electron chi connectivity index (χ4n) is 1.88. The lowest BCUT2D eigenvalue weighted by molar-refractivity contribution is 0.0696. The van der Waals surface area contributed by atoms with Crippen LogP contribution in [0.4, 0.5) is 5.69 Å². The van der Waals surface area contributed by atoms with E-state index in [9.17, 15) is 9.59 Å². The highest BCUT2D eigenvalue weighted by Crippen LogP contribution is 2.15. The number of nitrogens with one attached hydrogen (secondary N) is 2. The molecule has 0 aliphatic carbocycles. The van der Waals surface area contributed by atoms with Crippen molar-refractivity contribution in [2.75, 3.05) is 11.9 Å². The number of carboxylic acids is 1. The van der Waals surface area contributed by atoms with Crippen molar-refractivity contribution < 1.29 is 19.4 Å². The summed E-state index contributed by atoms with van der Waals surface area (Å²) >= 11 is 0. The normalized spacial score (nSPS) is 10.8. The summed E-state index contributed by atoms with van der Waals surface area (Å²) in [5.41, 5.74) is 7.64. The smallest absolute Gasteiger partial charge is 0.335 e. The van der Waals surface area contributed by atoms with Crippen LogP contribution in [0.1, 0.15) is 20.7 Å². The van der Waals surface area contributed by atoms with E-state index in [1.165, 1.54) is 12.1 Å². The number of rotatable bonds is 6. The number of hydrogen-bond donors (Lipinski definition) is 4. The van der Waals surface area contributed by atoms with Gasteiger partial charge in [-0.3, -0.25) is 4.79 Å². The molecule has 0 atom stereocenters. The second kappa shape index (κ2) is 8.20. The number of carboxylic acid groups (broad SMARTS) is 1. The second-order valence-corrected chi connectivity index (χ2v) is 4.81. The average molecular weight is 341 g/mol. The van der Waals surface area contributed by atoms with E-state index in [1.54, 1.807) is 36.4 Å². The second-order valence-electron chi connectivity index (χ2n) is 4.81. The van der Waals surface area contributed by atoms with Gasteiger partial charge >= 0.3 is 5.97 Å². The zero-order chi connectivity index (χ0) is 18.2. The summed E-state index contributed by atoms with van der Waals surface area (Å²) in [5, 5.41) is 17.9. The Balaban J connectivity index is 2.02. The van der Waals surface area contributed by atoms with Crippen LogP contribution in [0.2, 0.25) is 0 Å². The van der Waals surface area contributed by atoms with E-state index >= 15 is 0 Å². The van der Waals surface area contributed by atoms with Crippen LogP contribution in [0.25, 0.3) is 0 Å². The van der Waals surface area contributed by atoms with Crippen LogP contribution in [-0.2, 0) is 0 Å². The number of benzene rings is 2. The van der Waals surface area contributed by atoms with Crippen molar-refractivity contribution in [1.82, 2.24) is 0 Å². The fraction of sp³-hybridized carbons (Fsp3) is 0.0625. The third-order valence-electron chi connectivity index (χ3n) is 3.13. The number of carbonyl (C=O) groups is 2. The van der Waals surface area contributed by atoms with Gasteiger partial charge in [-0.15, -0.1) is 5.11 Å². The minimum atomic E-state index is -1.07. The molecule has 1 amide bonds. The topological polar surface area (TPSA) is 150 Å². The lowest BCUT2D eigenvalue weighted by Crippen LogP contribution is -2.13. The average Bonchev–Trinajstić information content (AvgIpc) is 2.63. The van der Waals surface area contributed by atoms with Crippen molar-refractivity contribution in [2.24, 2.45) is 16.1 Å². The fourth-order valence-corrected chi connectivity index (χ4v) is 1.88. The van der Waals surface area contributed by atoms with Crippen LogP contribution in [0.15, 0.2) is 58.7 Å². The summed E-state index contributed by atoms with van der Waals surface area (Å²) in [4.78, 5) is 23.1. The maximum absolute atomic E-state index is 12.2. The summed E-state index contributed by atoms with van der Waals surface area (Å²) in [6.45, 7) is -0.0620. The monoisotopic (exact) mass is 341 g/mol. The van der Waals surface area contributed by atoms with Crippen LogP contribution in [0, 0.1) is 5.53 Å². The Kier molecular flexibility index (Phi) is 5.77. The van der Waals surface area contributed by atoms with Gasteiger partial charge in [0.2, 0.25) is 5.84 Å². The number of aromatic carboxylic acids is 1. The molecule has 0 saturated heterocycles. The highest BCUT2D eigenvalue weighted by Gasteiger charge is 2.09. The molecule has 9 heteroatoms. The number of anilines is 1. The minimum Gasteiger partial charge on any atom is -0.485 e. The summed E-state index contributed by atoms with van der Waals surface area (Å²) < 4.78 is 5.32. The number of nitrogens with zero attached hydrogens (tertiary/aromatic N) is 2. The van der Waals surface area contributed by atoms with E-state index in [0.29, 0.717) is 17.0 Å². The van der Waals surface area contributed by atoms with Gasteiger partial charge in [-0.25, -0.2) is 10.3 Å². The molecule has 0 spiro atoms. The first-order valence-electron chi connectivity index (χ1n) is 7.05. The SMILES string of the molecule is N=NC(COc1ccc(C(=O)Nc2cccc(C(=O)O)c2)cc1)=NN. The van der Waals surface area contributed by atoms with Crippen molar-refractivity contribution in [2.45, 2.75) is 0 Å². The molecule has 0 saturated carbocycles. The number of amidine groups is 1. The molecule has 2 aromatic rings. The van der Waals surface area contributed by atoms with Gasteiger partial charge in [-0.1, -0.05) is 6.07 Å². The first kappa shape index (κ1) is 17.6. The molecule has 2 rings (SSSR count). The zero-order valence-corrected chi connectivity index (χ0v) is 13.0. The largest absolute Gasteiger partial charge is 0.485 e. The molecule has 128 valence electrons. The number of hydrogen-bond acceptors (Lipinski definition) is 6. The van der Waals surface area contributed by atoms with Gasteiger partial charge in [-0.05, 0) is 42.5 Å². The van der Waals surface area contributed by atoms with Gasteiger partial charge in [-0.2, -0.15) is 5.10 Å². The van der Waals surface area contributed by atoms with Crippen LogP contribution < -0.4 is 15.9 Å². The predicted molar refractivity (Wildman–Crippen MR) is 90.1 cm³/mol. The minimum absolute atomic E-state index is 0.0279. The van der Waals surface area contributed by atoms with Crippen LogP contribution in [0.3, 0.4) is 0 Å². The van der Waals surface area contributed by atoms with Crippen LogP contribution in [0.5, 0.6) is 5.75 Å². The van der Waals surface area contributed by atoms with E-state index in [2.05, 4.69) is 15.5 Å². The Hall–Kier alpha value is -3.75. The standard InChI is InChI=1S/C16H15N5O4/c17-20-14(21-18)9-25-13-6-4-10(5-7-13)15(22)19-12-3-1-2-11(8-12)16(23)24/h1-8,17H,9,18H2,(H,19,22)(H,23,24). The lowest BCUT2D eigenvalue weighted by atomic mass is 10.1. The molecular weight excluding hydrogens is 326 g/mol. The van der Waals surface area contributed by atoms with Gasteiger partial charge in [0.1, 0.15) is 5.75 Å².